The molecule has 142 valence electrons. The number of rotatable bonds is 5. The van der Waals surface area contributed by atoms with E-state index < -0.39 is 0 Å². The van der Waals surface area contributed by atoms with Crippen LogP contribution in [0.25, 0.3) is 11.3 Å². The van der Waals surface area contributed by atoms with Crippen molar-refractivity contribution in [2.45, 2.75) is 44.2 Å². The second-order valence-electron chi connectivity index (χ2n) is 7.52. The van der Waals surface area contributed by atoms with Crippen LogP contribution >= 0.6 is 0 Å². The largest absolute Gasteiger partial charge is 0.352 e. The fourth-order valence-corrected chi connectivity index (χ4v) is 3.84. The molecular weight excluding hydrogens is 352 g/mol. The van der Waals surface area contributed by atoms with Crippen molar-refractivity contribution < 1.29 is 0 Å². The minimum Gasteiger partial charge on any atom is -0.352 e. The zero-order valence-electron chi connectivity index (χ0n) is 15.6. The van der Waals surface area contributed by atoms with Gasteiger partial charge in [0.1, 0.15) is 11.6 Å². The van der Waals surface area contributed by atoms with Gasteiger partial charge >= 0.3 is 0 Å². The maximum absolute atomic E-state index is 12.4. The van der Waals surface area contributed by atoms with Crippen LogP contribution < -0.4 is 10.5 Å². The van der Waals surface area contributed by atoms with E-state index in [0.717, 1.165) is 42.3 Å². The Kier molecular flexibility index (Phi) is 4.35. The van der Waals surface area contributed by atoms with Crippen LogP contribution in [0.1, 0.15) is 37.4 Å². The van der Waals surface area contributed by atoms with Gasteiger partial charge in [-0.1, -0.05) is 0 Å². The predicted octanol–water partition coefficient (Wildman–Crippen LogP) is 2.64. The second-order valence-corrected chi connectivity index (χ2v) is 7.52. The number of hydrogen-bond acceptors (Lipinski definition) is 6. The molecule has 4 heterocycles. The standard InChI is InChI=1S/C21H22N6O/c28-20-8-7-18(16-3-1-10-22-13-16)25-27(20)14-17-4-2-12-26(17)19-9-11-23-21(24-19)15-5-6-15/h1,3,7-11,13,15,17H,2,4-6,12,14H2. The van der Waals surface area contributed by atoms with Crippen LogP contribution in [0.4, 0.5) is 5.82 Å². The first-order chi connectivity index (χ1) is 13.8. The summed E-state index contributed by atoms with van der Waals surface area (Å²) in [5, 5.41) is 4.59. The monoisotopic (exact) mass is 374 g/mol. The van der Waals surface area contributed by atoms with Gasteiger partial charge in [-0.15, -0.1) is 0 Å². The van der Waals surface area contributed by atoms with Gasteiger partial charge in [-0.25, -0.2) is 14.6 Å². The molecule has 0 spiro atoms. The fourth-order valence-electron chi connectivity index (χ4n) is 3.84. The highest BCUT2D eigenvalue weighted by Crippen LogP contribution is 2.38. The SMILES string of the molecule is O=c1ccc(-c2cccnc2)nn1CC1CCCN1c1ccnc(C2CC2)n1. The molecule has 1 saturated carbocycles. The van der Waals surface area contributed by atoms with Crippen LogP contribution in [0.5, 0.6) is 0 Å². The van der Waals surface area contributed by atoms with Gasteiger partial charge in [0.05, 0.1) is 18.3 Å². The lowest BCUT2D eigenvalue weighted by atomic mass is 10.2. The Hall–Kier alpha value is -3.09. The summed E-state index contributed by atoms with van der Waals surface area (Å²) < 4.78 is 1.58. The fraction of sp³-hybridized carbons (Fsp3) is 0.381. The van der Waals surface area contributed by atoms with Crippen molar-refractivity contribution in [2.75, 3.05) is 11.4 Å². The van der Waals surface area contributed by atoms with Gasteiger partial charge in [0.2, 0.25) is 0 Å². The van der Waals surface area contributed by atoms with E-state index in [1.165, 1.54) is 12.8 Å². The van der Waals surface area contributed by atoms with E-state index in [1.807, 2.05) is 24.4 Å². The molecule has 0 aromatic carbocycles. The third-order valence-corrected chi connectivity index (χ3v) is 5.48. The minimum atomic E-state index is -0.0825. The van der Waals surface area contributed by atoms with Crippen LogP contribution in [0.15, 0.2) is 53.7 Å². The molecule has 3 aromatic rings. The van der Waals surface area contributed by atoms with Gasteiger partial charge in [-0.05, 0) is 49.9 Å². The topological polar surface area (TPSA) is 76.8 Å². The summed E-state index contributed by atoms with van der Waals surface area (Å²) >= 11 is 0. The Morgan fingerprint density at radius 1 is 1.07 bits per heavy atom. The zero-order valence-corrected chi connectivity index (χ0v) is 15.6. The van der Waals surface area contributed by atoms with Crippen LogP contribution in [0.3, 0.4) is 0 Å². The molecule has 2 fully saturated rings. The molecule has 28 heavy (non-hydrogen) atoms. The normalized spacial score (nSPS) is 19.1. The Morgan fingerprint density at radius 2 is 2.00 bits per heavy atom. The van der Waals surface area contributed by atoms with Crippen molar-refractivity contribution in [3.63, 3.8) is 0 Å². The van der Waals surface area contributed by atoms with Gasteiger partial charge in [0.15, 0.2) is 0 Å². The van der Waals surface area contributed by atoms with Gasteiger partial charge < -0.3 is 4.90 Å². The van der Waals surface area contributed by atoms with E-state index in [9.17, 15) is 4.79 Å². The van der Waals surface area contributed by atoms with E-state index >= 15 is 0 Å². The van der Waals surface area contributed by atoms with Crippen LogP contribution in [0.2, 0.25) is 0 Å². The molecule has 3 aromatic heterocycles. The van der Waals surface area contributed by atoms with Gasteiger partial charge in [0, 0.05) is 42.7 Å². The van der Waals surface area contributed by atoms with Crippen LogP contribution in [0, 0.1) is 0 Å². The lowest BCUT2D eigenvalue weighted by Crippen LogP contribution is -2.37. The first-order valence-electron chi connectivity index (χ1n) is 9.86. The number of anilines is 1. The molecule has 5 rings (SSSR count). The summed E-state index contributed by atoms with van der Waals surface area (Å²) in [7, 11) is 0. The van der Waals surface area contributed by atoms with Crippen LogP contribution in [-0.4, -0.2) is 37.3 Å². The van der Waals surface area contributed by atoms with Crippen molar-refractivity contribution in [1.29, 1.82) is 0 Å². The first-order valence-corrected chi connectivity index (χ1v) is 9.86. The zero-order chi connectivity index (χ0) is 18.9. The Labute approximate surface area is 163 Å². The molecule has 1 aliphatic carbocycles. The summed E-state index contributed by atoms with van der Waals surface area (Å²) in [6, 6.07) is 9.35. The summed E-state index contributed by atoms with van der Waals surface area (Å²) in [5.74, 6) is 2.45. The quantitative estimate of drug-likeness (QED) is 0.683. The van der Waals surface area contributed by atoms with E-state index in [4.69, 9.17) is 4.98 Å². The molecule has 0 amide bonds. The molecule has 0 N–H and O–H groups in total. The van der Waals surface area contributed by atoms with E-state index in [1.54, 1.807) is 29.2 Å². The summed E-state index contributed by atoms with van der Waals surface area (Å²) in [5.41, 5.74) is 1.58. The molecule has 1 aliphatic heterocycles. The number of nitrogens with zero attached hydrogens (tertiary/aromatic N) is 6. The van der Waals surface area contributed by atoms with Crippen molar-refractivity contribution >= 4 is 5.82 Å². The van der Waals surface area contributed by atoms with E-state index in [0.29, 0.717) is 12.5 Å². The second kappa shape index (κ2) is 7.14. The highest BCUT2D eigenvalue weighted by atomic mass is 16.1. The lowest BCUT2D eigenvalue weighted by molar-refractivity contribution is 0.488. The molecule has 1 saturated heterocycles. The number of aromatic nitrogens is 5. The first kappa shape index (κ1) is 17.0. The van der Waals surface area contributed by atoms with Crippen molar-refractivity contribution in [2.24, 2.45) is 0 Å². The van der Waals surface area contributed by atoms with Crippen molar-refractivity contribution in [1.82, 2.24) is 24.7 Å². The maximum atomic E-state index is 12.4. The van der Waals surface area contributed by atoms with Crippen molar-refractivity contribution in [3.8, 4) is 11.3 Å². The van der Waals surface area contributed by atoms with Crippen LogP contribution in [-0.2, 0) is 6.54 Å². The summed E-state index contributed by atoms with van der Waals surface area (Å²) in [6.07, 6.45) is 9.84. The molecule has 0 bridgehead atoms. The lowest BCUT2D eigenvalue weighted by Gasteiger charge is -2.26. The Balaban J connectivity index is 1.41. The molecule has 1 atom stereocenters. The van der Waals surface area contributed by atoms with Gasteiger partial charge in [-0.3, -0.25) is 9.78 Å². The molecule has 7 heteroatoms. The number of pyridine rings is 1. The van der Waals surface area contributed by atoms with E-state index in [-0.39, 0.29) is 11.6 Å². The smallest absolute Gasteiger partial charge is 0.266 e. The van der Waals surface area contributed by atoms with Gasteiger partial charge in [-0.2, -0.15) is 5.10 Å². The Bertz CT molecular complexity index is 1030. The third-order valence-electron chi connectivity index (χ3n) is 5.48. The number of hydrogen-bond donors (Lipinski definition) is 0. The predicted molar refractivity (Wildman–Crippen MR) is 106 cm³/mol. The molecular formula is C21H22N6O. The molecule has 1 unspecified atom stereocenters. The average Bonchev–Trinajstić information content (AvgIpc) is 3.49. The minimum absolute atomic E-state index is 0.0825. The average molecular weight is 374 g/mol. The third kappa shape index (κ3) is 3.40. The van der Waals surface area contributed by atoms with Crippen molar-refractivity contribution in [3.05, 3.63) is 65.1 Å². The highest BCUT2D eigenvalue weighted by Gasteiger charge is 2.30. The molecule has 2 aliphatic rings. The molecule has 0 radical (unpaired) electrons. The summed E-state index contributed by atoms with van der Waals surface area (Å²) in [4.78, 5) is 28.1. The van der Waals surface area contributed by atoms with Gasteiger partial charge in [0.25, 0.3) is 5.56 Å². The summed E-state index contributed by atoms with van der Waals surface area (Å²) in [6.45, 7) is 1.50. The maximum Gasteiger partial charge on any atom is 0.266 e. The van der Waals surface area contributed by atoms with E-state index in [2.05, 4.69) is 20.0 Å². The Morgan fingerprint density at radius 3 is 2.82 bits per heavy atom. The highest BCUT2D eigenvalue weighted by molar-refractivity contribution is 5.56. The molecule has 7 nitrogen and oxygen atoms in total.